The summed E-state index contributed by atoms with van der Waals surface area (Å²) in [6.45, 7) is 4.65. The lowest BCUT2D eigenvalue weighted by atomic mass is 10.2. The molecule has 0 saturated heterocycles. The molecule has 0 aromatic heterocycles. The lowest BCUT2D eigenvalue weighted by Gasteiger charge is -2.29. The first-order valence-corrected chi connectivity index (χ1v) is 10.4. The summed E-state index contributed by atoms with van der Waals surface area (Å²) < 4.78 is 5.94. The van der Waals surface area contributed by atoms with Crippen LogP contribution in [0.15, 0.2) is 64.7 Å². The van der Waals surface area contributed by atoms with Crippen LogP contribution in [0.5, 0.6) is 5.75 Å². The van der Waals surface area contributed by atoms with Crippen LogP contribution in [0.25, 0.3) is 0 Å². The molecular weight excluding hydrogens is 402 g/mol. The predicted molar refractivity (Wildman–Crippen MR) is 120 cm³/mol. The molecule has 156 valence electrons. The van der Waals surface area contributed by atoms with Crippen LogP contribution in [-0.2, 0) is 4.79 Å². The Morgan fingerprint density at radius 2 is 1.87 bits per heavy atom. The monoisotopic (exact) mass is 425 g/mol. The van der Waals surface area contributed by atoms with Gasteiger partial charge in [0.25, 0.3) is 0 Å². The number of amides is 2. The van der Waals surface area contributed by atoms with Crippen LogP contribution in [0.1, 0.15) is 24.2 Å². The van der Waals surface area contributed by atoms with Crippen LogP contribution in [0.4, 0.5) is 5.69 Å². The molecule has 2 aromatic carbocycles. The van der Waals surface area contributed by atoms with Gasteiger partial charge in [-0.25, -0.2) is 0 Å². The van der Waals surface area contributed by atoms with E-state index in [0.29, 0.717) is 34.6 Å². The molecule has 1 aliphatic heterocycles. The van der Waals surface area contributed by atoms with Gasteiger partial charge < -0.3 is 15.8 Å². The number of anilines is 1. The van der Waals surface area contributed by atoms with Gasteiger partial charge in [-0.1, -0.05) is 30.0 Å². The van der Waals surface area contributed by atoms with E-state index in [2.05, 4.69) is 15.4 Å². The highest BCUT2D eigenvalue weighted by Crippen LogP contribution is 2.19. The molecule has 0 fully saturated rings. The molecule has 0 radical (unpaired) electrons. The van der Waals surface area contributed by atoms with Crippen molar-refractivity contribution in [2.24, 2.45) is 15.8 Å². The van der Waals surface area contributed by atoms with Crippen LogP contribution in [0.2, 0.25) is 0 Å². The average Bonchev–Trinajstić information content (AvgIpc) is 2.75. The van der Waals surface area contributed by atoms with E-state index in [-0.39, 0.29) is 17.7 Å². The topological polar surface area (TPSA) is 109 Å². The molecule has 2 aromatic rings. The number of para-hydroxylation sites is 1. The molecule has 3 rings (SSSR count). The number of nitrogens with one attached hydrogen (secondary N) is 1. The Balaban J connectivity index is 1.62. The summed E-state index contributed by atoms with van der Waals surface area (Å²) >= 11 is 1.22. The number of carbonyl (C=O) groups is 2. The zero-order chi connectivity index (χ0) is 21.5. The van der Waals surface area contributed by atoms with Gasteiger partial charge in [0.15, 0.2) is 0 Å². The third-order valence-electron chi connectivity index (χ3n) is 4.30. The molecule has 1 heterocycles. The maximum Gasteiger partial charge on any atom is 0.248 e. The van der Waals surface area contributed by atoms with Crippen molar-refractivity contribution >= 4 is 40.3 Å². The van der Waals surface area contributed by atoms with Gasteiger partial charge in [-0.3, -0.25) is 14.6 Å². The van der Waals surface area contributed by atoms with Crippen molar-refractivity contribution in [3.63, 3.8) is 0 Å². The highest BCUT2D eigenvalue weighted by molar-refractivity contribution is 8.14. The quantitative estimate of drug-likeness (QED) is 0.740. The molecular formula is C21H23N5O3S. The van der Waals surface area contributed by atoms with Gasteiger partial charge in [-0.2, -0.15) is 4.99 Å². The second kappa shape index (κ2) is 9.93. The molecule has 1 aliphatic rings. The number of thioether (sulfide) groups is 1. The molecule has 8 nitrogen and oxygen atoms in total. The van der Waals surface area contributed by atoms with Gasteiger partial charge in [0.2, 0.25) is 22.9 Å². The molecule has 9 heteroatoms. The molecule has 3 N–H and O–H groups in total. The molecule has 0 spiro atoms. The van der Waals surface area contributed by atoms with Gasteiger partial charge in [-0.15, -0.1) is 5.10 Å². The number of hydrazone groups is 1. The molecule has 1 unspecified atom stereocenters. The Bertz CT molecular complexity index is 960. The maximum atomic E-state index is 12.3. The Hall–Kier alpha value is -3.33. The first-order chi connectivity index (χ1) is 14.5. The zero-order valence-electron chi connectivity index (χ0n) is 16.7. The first kappa shape index (κ1) is 21.4. The van der Waals surface area contributed by atoms with E-state index in [1.807, 2.05) is 49.2 Å². The number of primary amides is 1. The maximum absolute atomic E-state index is 12.3. The highest BCUT2D eigenvalue weighted by Gasteiger charge is 2.25. The Kier molecular flexibility index (Phi) is 7.08. The van der Waals surface area contributed by atoms with Crippen LogP contribution in [-0.4, -0.2) is 46.2 Å². The van der Waals surface area contributed by atoms with Crippen molar-refractivity contribution in [2.75, 3.05) is 17.6 Å². The molecule has 2 amide bonds. The summed E-state index contributed by atoms with van der Waals surface area (Å²) in [6, 6.07) is 15.7. The van der Waals surface area contributed by atoms with Crippen molar-refractivity contribution in [1.29, 1.82) is 0 Å². The zero-order valence-corrected chi connectivity index (χ0v) is 17.6. The third kappa shape index (κ3) is 5.60. The molecule has 0 saturated carbocycles. The smallest absolute Gasteiger partial charge is 0.248 e. The first-order valence-electron chi connectivity index (χ1n) is 9.45. The molecule has 0 aliphatic carbocycles. The number of aliphatic imine (C=N–C) groups is 1. The summed E-state index contributed by atoms with van der Waals surface area (Å²) in [5.74, 6) is 0.632. The number of carbonyl (C=O) groups excluding carboxylic acids is 2. The Morgan fingerprint density at radius 1 is 1.17 bits per heavy atom. The lowest BCUT2D eigenvalue weighted by Crippen LogP contribution is -2.41. The van der Waals surface area contributed by atoms with E-state index < -0.39 is 5.91 Å². The largest absolute Gasteiger partial charge is 0.441 e. The fourth-order valence-corrected chi connectivity index (χ4v) is 3.35. The number of nitrogens with two attached hydrogens (primary N) is 1. The van der Waals surface area contributed by atoms with E-state index in [1.54, 1.807) is 24.3 Å². The predicted octanol–water partition coefficient (Wildman–Crippen LogP) is 2.93. The van der Waals surface area contributed by atoms with Gasteiger partial charge >= 0.3 is 0 Å². The van der Waals surface area contributed by atoms with Crippen molar-refractivity contribution in [1.82, 2.24) is 5.01 Å². The van der Waals surface area contributed by atoms with E-state index >= 15 is 0 Å². The summed E-state index contributed by atoms with van der Waals surface area (Å²) in [5, 5.41) is 9.60. The number of hydrogen-bond donors (Lipinski definition) is 2. The fraction of sp³-hybridized carbons (Fsp3) is 0.238. The van der Waals surface area contributed by atoms with Gasteiger partial charge in [0.1, 0.15) is 11.8 Å². The van der Waals surface area contributed by atoms with Crippen LogP contribution < -0.4 is 15.8 Å². The minimum Gasteiger partial charge on any atom is -0.441 e. The number of likely N-dealkylation sites (N-methyl/N-ethyl adjacent to an activating group) is 1. The summed E-state index contributed by atoms with van der Waals surface area (Å²) in [6.07, 6.45) is 0. The summed E-state index contributed by atoms with van der Waals surface area (Å²) in [5.41, 5.74) is 6.18. The summed E-state index contributed by atoms with van der Waals surface area (Å²) in [7, 11) is 0. The second-order valence-electron chi connectivity index (χ2n) is 6.46. The average molecular weight is 426 g/mol. The number of nitrogens with zero attached hydrogens (tertiary/aromatic N) is 3. The van der Waals surface area contributed by atoms with Crippen molar-refractivity contribution < 1.29 is 14.3 Å². The van der Waals surface area contributed by atoms with E-state index in [1.165, 1.54) is 11.8 Å². The van der Waals surface area contributed by atoms with Gasteiger partial charge in [-0.05, 0) is 50.2 Å². The molecule has 0 bridgehead atoms. The van der Waals surface area contributed by atoms with Crippen LogP contribution in [0, 0.1) is 0 Å². The van der Waals surface area contributed by atoms with Gasteiger partial charge in [0.05, 0.1) is 5.75 Å². The van der Waals surface area contributed by atoms with E-state index in [4.69, 9.17) is 10.5 Å². The van der Waals surface area contributed by atoms with Crippen LogP contribution in [0.3, 0.4) is 0 Å². The van der Waals surface area contributed by atoms with Crippen molar-refractivity contribution in [2.45, 2.75) is 19.9 Å². The fourth-order valence-electron chi connectivity index (χ4n) is 2.70. The van der Waals surface area contributed by atoms with E-state index in [9.17, 15) is 9.59 Å². The number of rotatable bonds is 6. The second-order valence-corrected chi connectivity index (χ2v) is 7.40. The summed E-state index contributed by atoms with van der Waals surface area (Å²) in [4.78, 5) is 27.9. The van der Waals surface area contributed by atoms with Gasteiger partial charge in [0, 0.05) is 17.8 Å². The highest BCUT2D eigenvalue weighted by atomic mass is 32.2. The normalized spacial score (nSPS) is 15.8. The van der Waals surface area contributed by atoms with Crippen LogP contribution >= 0.6 is 11.8 Å². The lowest BCUT2D eigenvalue weighted by molar-refractivity contribution is -0.113. The standard InChI is InChI=1S/C21H23N5O3S/c1-3-26-14(2)20(29-17-7-5-4-6-8-17)24-21(25-26)30-13-18(27)23-16-11-9-15(10-12-16)19(22)28/h4-12,14H,3,13H2,1-2H3,(H2,22,28)(H,23,27). The SMILES string of the molecule is CCN1N=C(SCC(=O)Nc2ccc(C(N)=O)cc2)N=C(Oc2ccccc2)C1C. The van der Waals surface area contributed by atoms with Crippen molar-refractivity contribution in [3.8, 4) is 5.75 Å². The van der Waals surface area contributed by atoms with E-state index in [0.717, 1.165) is 0 Å². The number of ether oxygens (including phenoxy) is 1. The number of hydrogen-bond acceptors (Lipinski definition) is 7. The minimum atomic E-state index is -0.514. The Labute approximate surface area is 179 Å². The minimum absolute atomic E-state index is 0.114. The number of benzene rings is 2. The third-order valence-corrected chi connectivity index (χ3v) is 5.14. The number of amidine groups is 1. The Morgan fingerprint density at radius 3 is 2.50 bits per heavy atom. The molecule has 1 atom stereocenters. The van der Waals surface area contributed by atoms with Crippen molar-refractivity contribution in [3.05, 3.63) is 60.2 Å². The molecule has 30 heavy (non-hydrogen) atoms.